The molecule has 530 valence electrons. The number of nitrogens with one attached hydrogen (secondary N) is 1. The van der Waals surface area contributed by atoms with Crippen LogP contribution < -0.4 is 5.32 Å². The number of hydrogen-bond donors (Lipinski definition) is 6. The zero-order valence-corrected chi connectivity index (χ0v) is 59.7. The van der Waals surface area contributed by atoms with Crippen molar-refractivity contribution in [3.8, 4) is 0 Å². The van der Waals surface area contributed by atoms with Gasteiger partial charge in [-0.2, -0.15) is 0 Å². The molecule has 9 nitrogen and oxygen atoms in total. The summed E-state index contributed by atoms with van der Waals surface area (Å²) in [6, 6.07) is -0.822. The second-order valence-corrected chi connectivity index (χ2v) is 27.9. The molecule has 7 atom stereocenters. The zero-order valence-electron chi connectivity index (χ0n) is 59.7. The number of rotatable bonds is 71. The Labute approximate surface area is 558 Å². The van der Waals surface area contributed by atoms with E-state index in [9.17, 15) is 30.3 Å². The van der Waals surface area contributed by atoms with Gasteiger partial charge in [0.2, 0.25) is 5.91 Å². The van der Waals surface area contributed by atoms with E-state index >= 15 is 0 Å². The predicted molar refractivity (Wildman–Crippen MR) is 387 cm³/mol. The van der Waals surface area contributed by atoms with Crippen LogP contribution in [0.4, 0.5) is 0 Å². The van der Waals surface area contributed by atoms with Crippen molar-refractivity contribution in [3.05, 3.63) is 48.6 Å². The Hall–Kier alpha value is -1.85. The number of aliphatic hydroxyl groups is 5. The van der Waals surface area contributed by atoms with E-state index in [2.05, 4.69) is 55.6 Å². The molecular weight excluding hydrogens is 1110 g/mol. The number of aliphatic hydroxyl groups excluding tert-OH is 5. The summed E-state index contributed by atoms with van der Waals surface area (Å²) in [6.07, 6.45) is 89.9. The smallest absolute Gasteiger partial charge is 0.220 e. The fourth-order valence-electron chi connectivity index (χ4n) is 12.9. The number of hydrogen-bond acceptors (Lipinski definition) is 8. The highest BCUT2D eigenvalue weighted by atomic mass is 16.7. The highest BCUT2D eigenvalue weighted by molar-refractivity contribution is 5.76. The molecule has 1 fully saturated rings. The average molecular weight is 1270 g/mol. The minimum Gasteiger partial charge on any atom is -0.394 e. The van der Waals surface area contributed by atoms with Gasteiger partial charge < -0.3 is 40.3 Å². The largest absolute Gasteiger partial charge is 0.394 e. The summed E-state index contributed by atoms with van der Waals surface area (Å²) in [4.78, 5) is 13.2. The van der Waals surface area contributed by atoms with Crippen molar-refractivity contribution in [1.29, 1.82) is 0 Å². The molecule has 0 aromatic rings. The van der Waals surface area contributed by atoms with Gasteiger partial charge in [-0.3, -0.25) is 4.79 Å². The van der Waals surface area contributed by atoms with Crippen molar-refractivity contribution in [2.24, 2.45) is 0 Å². The van der Waals surface area contributed by atoms with Crippen molar-refractivity contribution < 1.29 is 39.8 Å². The summed E-state index contributed by atoms with van der Waals surface area (Å²) in [6.45, 7) is 3.81. The predicted octanol–water partition coefficient (Wildman–Crippen LogP) is 22.7. The molecule has 0 aromatic carbocycles. The summed E-state index contributed by atoms with van der Waals surface area (Å²) in [7, 11) is 0. The lowest BCUT2D eigenvalue weighted by Gasteiger charge is -2.40. The summed E-state index contributed by atoms with van der Waals surface area (Å²) in [5.41, 5.74) is 0. The zero-order chi connectivity index (χ0) is 64.9. The summed E-state index contributed by atoms with van der Waals surface area (Å²) in [5.74, 6) is -0.178. The van der Waals surface area contributed by atoms with Crippen LogP contribution in [0.25, 0.3) is 0 Å². The third-order valence-electron chi connectivity index (χ3n) is 19.1. The van der Waals surface area contributed by atoms with E-state index in [1.807, 2.05) is 6.08 Å². The van der Waals surface area contributed by atoms with E-state index < -0.39 is 49.5 Å². The van der Waals surface area contributed by atoms with Gasteiger partial charge in [0.25, 0.3) is 0 Å². The molecule has 90 heavy (non-hydrogen) atoms. The fraction of sp³-hybridized carbons (Fsp3) is 0.889. The molecule has 0 spiro atoms. The number of allylic oxidation sites excluding steroid dienone is 7. The van der Waals surface area contributed by atoms with Gasteiger partial charge in [0, 0.05) is 6.42 Å². The first kappa shape index (κ1) is 86.2. The third kappa shape index (κ3) is 57.6. The number of ether oxygens (including phenoxy) is 2. The van der Waals surface area contributed by atoms with Crippen LogP contribution >= 0.6 is 0 Å². The first-order valence-electron chi connectivity index (χ1n) is 39.9. The van der Waals surface area contributed by atoms with Gasteiger partial charge >= 0.3 is 0 Å². The Bertz CT molecular complexity index is 1570. The van der Waals surface area contributed by atoms with Gasteiger partial charge in [0.15, 0.2) is 6.29 Å². The van der Waals surface area contributed by atoms with Crippen LogP contribution in [0.3, 0.4) is 0 Å². The Kier molecular flexibility index (Phi) is 67.0. The molecule has 0 saturated carbocycles. The second-order valence-electron chi connectivity index (χ2n) is 27.9. The summed E-state index contributed by atoms with van der Waals surface area (Å²) in [5, 5.41) is 54.8. The fourth-order valence-corrected chi connectivity index (χ4v) is 12.9. The Morgan fingerprint density at radius 2 is 0.667 bits per heavy atom. The van der Waals surface area contributed by atoms with E-state index in [1.54, 1.807) is 6.08 Å². The van der Waals surface area contributed by atoms with Crippen LogP contribution in [-0.4, -0.2) is 87.5 Å². The van der Waals surface area contributed by atoms with E-state index in [4.69, 9.17) is 9.47 Å². The van der Waals surface area contributed by atoms with Gasteiger partial charge in [-0.15, -0.1) is 0 Å². The van der Waals surface area contributed by atoms with Crippen molar-refractivity contribution in [2.45, 2.75) is 448 Å². The number of unbranched alkanes of at least 4 members (excludes halogenated alkanes) is 55. The van der Waals surface area contributed by atoms with Crippen LogP contribution in [0.15, 0.2) is 48.6 Å². The Morgan fingerprint density at radius 3 is 1.00 bits per heavy atom. The molecule has 0 bridgehead atoms. The first-order valence-corrected chi connectivity index (χ1v) is 39.9. The van der Waals surface area contributed by atoms with Crippen molar-refractivity contribution in [2.75, 3.05) is 13.2 Å². The minimum absolute atomic E-state index is 0.178. The van der Waals surface area contributed by atoms with E-state index in [0.717, 1.165) is 44.9 Å². The van der Waals surface area contributed by atoms with Crippen LogP contribution in [0.5, 0.6) is 0 Å². The molecule has 1 rings (SSSR count). The summed E-state index contributed by atoms with van der Waals surface area (Å²) < 4.78 is 11.3. The molecule has 7 unspecified atom stereocenters. The molecule has 6 N–H and O–H groups in total. The van der Waals surface area contributed by atoms with Gasteiger partial charge in [0.05, 0.1) is 25.4 Å². The van der Waals surface area contributed by atoms with Crippen LogP contribution in [-0.2, 0) is 14.3 Å². The molecule has 0 radical (unpaired) electrons. The molecular formula is C81H153NO8. The van der Waals surface area contributed by atoms with Crippen molar-refractivity contribution >= 4 is 5.91 Å². The SMILES string of the molecule is CCCCCCC/C=C\C/C=C\CCCCCCCCCCCCCCCCCCCCCCCCCCCCCCCC(=O)NC(COC1OC(CO)C(O)C(O)C1O)C(O)/C=C/CC/C=C/CCCCCCCCCCCCCCCCCCCCCC. The quantitative estimate of drug-likeness (QED) is 0.0261. The average Bonchev–Trinajstić information content (AvgIpc) is 1.28. The Morgan fingerprint density at radius 1 is 0.378 bits per heavy atom. The molecule has 1 saturated heterocycles. The van der Waals surface area contributed by atoms with Gasteiger partial charge in [-0.25, -0.2) is 0 Å². The second kappa shape index (κ2) is 70.0. The third-order valence-corrected chi connectivity index (χ3v) is 19.1. The van der Waals surface area contributed by atoms with Gasteiger partial charge in [0.1, 0.15) is 24.4 Å². The lowest BCUT2D eigenvalue weighted by molar-refractivity contribution is -0.302. The lowest BCUT2D eigenvalue weighted by atomic mass is 9.99. The molecule has 1 heterocycles. The van der Waals surface area contributed by atoms with E-state index in [0.29, 0.717) is 6.42 Å². The number of carbonyl (C=O) groups excluding carboxylic acids is 1. The van der Waals surface area contributed by atoms with Gasteiger partial charge in [-0.1, -0.05) is 383 Å². The van der Waals surface area contributed by atoms with Crippen LogP contribution in [0.1, 0.15) is 406 Å². The van der Waals surface area contributed by atoms with Crippen molar-refractivity contribution in [3.63, 3.8) is 0 Å². The number of amides is 1. The minimum atomic E-state index is -1.57. The molecule has 0 aromatic heterocycles. The standard InChI is InChI=1S/C81H153NO8/c1-3-5-7-9-11-13-15-17-19-21-23-25-27-29-31-32-33-34-35-36-37-38-39-40-41-42-43-44-45-47-49-51-53-55-57-59-61-63-65-67-69-71-77(85)82-74(73-89-81-80(88)79(87)78(86)76(72-83)90-81)75(84)70-68-66-64-62-60-58-56-54-52-50-48-46-30-28-26-24-22-20-18-16-14-12-10-8-6-4-2/h15,17,21,23,60,62,68,70,74-76,78-81,83-84,86-88H,3-14,16,18-20,22,24-59,61,63-67,69,71-73H2,1-2H3,(H,82,85)/b17-15-,23-21-,62-60+,70-68+. The van der Waals surface area contributed by atoms with E-state index in [1.165, 1.54) is 340 Å². The summed E-state index contributed by atoms with van der Waals surface area (Å²) >= 11 is 0. The Balaban J connectivity index is 2.05. The molecule has 1 aliphatic rings. The monoisotopic (exact) mass is 1270 g/mol. The molecule has 1 aliphatic heterocycles. The maximum Gasteiger partial charge on any atom is 0.220 e. The first-order chi connectivity index (χ1) is 44.3. The van der Waals surface area contributed by atoms with E-state index in [-0.39, 0.29) is 12.5 Å². The highest BCUT2D eigenvalue weighted by Gasteiger charge is 2.44. The van der Waals surface area contributed by atoms with Gasteiger partial charge in [-0.05, 0) is 64.2 Å². The van der Waals surface area contributed by atoms with Crippen LogP contribution in [0, 0.1) is 0 Å². The van der Waals surface area contributed by atoms with Crippen LogP contribution in [0.2, 0.25) is 0 Å². The lowest BCUT2D eigenvalue weighted by Crippen LogP contribution is -2.60. The van der Waals surface area contributed by atoms with Crippen molar-refractivity contribution in [1.82, 2.24) is 5.32 Å². The highest BCUT2D eigenvalue weighted by Crippen LogP contribution is 2.24. The molecule has 1 amide bonds. The normalized spacial score (nSPS) is 18.0. The maximum atomic E-state index is 13.2. The molecule has 9 heteroatoms. The molecule has 0 aliphatic carbocycles. The maximum absolute atomic E-state index is 13.2. The topological polar surface area (TPSA) is 149 Å². The number of carbonyl (C=O) groups is 1.